The Morgan fingerprint density at radius 3 is 2.71 bits per heavy atom. The molecule has 0 spiro atoms. The predicted octanol–water partition coefficient (Wildman–Crippen LogP) is 1.05. The van der Waals surface area contributed by atoms with Gasteiger partial charge in [-0.15, -0.1) is 0 Å². The maximum absolute atomic E-state index is 12.1. The number of nitro benzene ring substituents is 1. The summed E-state index contributed by atoms with van der Waals surface area (Å²) in [6, 6.07) is 3.23. The van der Waals surface area contributed by atoms with Crippen molar-refractivity contribution in [3.63, 3.8) is 0 Å². The summed E-state index contributed by atoms with van der Waals surface area (Å²) < 4.78 is 5.07. The Bertz CT molecular complexity index is 572. The van der Waals surface area contributed by atoms with Crippen molar-refractivity contribution in [1.82, 2.24) is 9.80 Å². The fourth-order valence-electron chi connectivity index (χ4n) is 2.46. The molecule has 0 aromatic heterocycles. The van der Waals surface area contributed by atoms with Crippen molar-refractivity contribution in [2.75, 3.05) is 34.3 Å². The van der Waals surface area contributed by atoms with Gasteiger partial charge in [0.1, 0.15) is 0 Å². The summed E-state index contributed by atoms with van der Waals surface area (Å²) in [4.78, 5) is 26.2. The number of benzene rings is 1. The number of nitrogens with zero attached hydrogens (tertiary/aromatic N) is 3. The molecule has 1 aromatic carbocycles. The number of carbonyl (C=O) groups is 1. The minimum absolute atomic E-state index is 0.0316. The fraction of sp³-hybridized carbons (Fsp3) is 0.500. The van der Waals surface area contributed by atoms with Crippen molar-refractivity contribution < 1.29 is 14.5 Å². The lowest BCUT2D eigenvalue weighted by atomic mass is 9.98. The third-order valence-corrected chi connectivity index (χ3v) is 3.51. The molecule has 1 aliphatic heterocycles. The Morgan fingerprint density at radius 2 is 2.14 bits per heavy atom. The van der Waals surface area contributed by atoms with Gasteiger partial charge >= 0.3 is 5.69 Å². The van der Waals surface area contributed by atoms with Gasteiger partial charge in [-0.05, 0) is 37.7 Å². The number of carbonyl (C=O) groups excluding carboxylic acids is 1. The highest BCUT2D eigenvalue weighted by Crippen LogP contribution is 2.33. The van der Waals surface area contributed by atoms with Crippen LogP contribution in [0.15, 0.2) is 12.1 Å². The molecular formula is C14H19N3O4. The van der Waals surface area contributed by atoms with Gasteiger partial charge in [0.05, 0.1) is 18.6 Å². The number of methoxy groups -OCH3 is 1. The van der Waals surface area contributed by atoms with E-state index in [1.807, 2.05) is 19.0 Å². The first-order chi connectivity index (χ1) is 9.92. The standard InChI is InChI=1S/C14H19N3O4/c1-15(2)9-14(18)16-5-4-10-7-13(21-3)12(17(19)20)6-11(10)8-16/h6-7H,4-5,8-9H2,1-3H3. The van der Waals surface area contributed by atoms with Gasteiger partial charge < -0.3 is 14.5 Å². The first-order valence-corrected chi connectivity index (χ1v) is 6.69. The predicted molar refractivity (Wildman–Crippen MR) is 77.3 cm³/mol. The smallest absolute Gasteiger partial charge is 0.311 e. The second-order valence-corrected chi connectivity index (χ2v) is 5.35. The van der Waals surface area contributed by atoms with Crippen LogP contribution in [0.4, 0.5) is 5.69 Å². The summed E-state index contributed by atoms with van der Waals surface area (Å²) in [5, 5.41) is 11.1. The third-order valence-electron chi connectivity index (χ3n) is 3.51. The zero-order valence-electron chi connectivity index (χ0n) is 12.5. The lowest BCUT2D eigenvalue weighted by molar-refractivity contribution is -0.385. The number of hydrogen-bond donors (Lipinski definition) is 0. The fourth-order valence-corrected chi connectivity index (χ4v) is 2.46. The van der Waals surface area contributed by atoms with E-state index in [1.165, 1.54) is 13.2 Å². The zero-order valence-corrected chi connectivity index (χ0v) is 12.5. The molecule has 0 saturated heterocycles. The minimum atomic E-state index is -0.459. The van der Waals surface area contributed by atoms with Gasteiger partial charge in [-0.3, -0.25) is 14.9 Å². The molecule has 0 atom stereocenters. The van der Waals surface area contributed by atoms with E-state index in [-0.39, 0.29) is 17.3 Å². The quantitative estimate of drug-likeness (QED) is 0.612. The van der Waals surface area contributed by atoms with Gasteiger partial charge in [-0.25, -0.2) is 0 Å². The molecule has 7 heteroatoms. The summed E-state index contributed by atoms with van der Waals surface area (Å²) in [5.41, 5.74) is 1.77. The van der Waals surface area contributed by atoms with Crippen LogP contribution in [-0.4, -0.2) is 54.9 Å². The molecule has 1 heterocycles. The van der Waals surface area contributed by atoms with Crippen LogP contribution in [0.25, 0.3) is 0 Å². The highest BCUT2D eigenvalue weighted by atomic mass is 16.6. The van der Waals surface area contributed by atoms with Crippen molar-refractivity contribution in [2.45, 2.75) is 13.0 Å². The summed E-state index contributed by atoms with van der Waals surface area (Å²) in [7, 11) is 5.10. The second-order valence-electron chi connectivity index (χ2n) is 5.35. The maximum Gasteiger partial charge on any atom is 0.311 e. The molecule has 0 radical (unpaired) electrons. The van der Waals surface area contributed by atoms with Gasteiger partial charge in [0.2, 0.25) is 5.91 Å². The minimum Gasteiger partial charge on any atom is -0.490 e. The molecule has 0 saturated carbocycles. The molecule has 1 aliphatic rings. The van der Waals surface area contributed by atoms with Crippen molar-refractivity contribution in [2.24, 2.45) is 0 Å². The van der Waals surface area contributed by atoms with Gasteiger partial charge in [-0.2, -0.15) is 0 Å². The van der Waals surface area contributed by atoms with E-state index >= 15 is 0 Å². The van der Waals surface area contributed by atoms with Crippen LogP contribution < -0.4 is 4.74 Å². The van der Waals surface area contributed by atoms with Gasteiger partial charge in [0.15, 0.2) is 5.75 Å². The van der Waals surface area contributed by atoms with Gasteiger partial charge in [-0.1, -0.05) is 0 Å². The summed E-state index contributed by atoms with van der Waals surface area (Å²) in [6.07, 6.45) is 0.683. The highest BCUT2D eigenvalue weighted by molar-refractivity contribution is 5.78. The van der Waals surface area contributed by atoms with E-state index in [9.17, 15) is 14.9 Å². The Morgan fingerprint density at radius 1 is 1.43 bits per heavy atom. The Kier molecular flexibility index (Phi) is 4.42. The number of amides is 1. The first-order valence-electron chi connectivity index (χ1n) is 6.69. The van der Waals surface area contributed by atoms with E-state index in [4.69, 9.17) is 4.74 Å². The molecule has 0 aliphatic carbocycles. The Hall–Kier alpha value is -2.15. The number of ether oxygens (including phenoxy) is 1. The zero-order chi connectivity index (χ0) is 15.6. The molecule has 1 amide bonds. The second kappa shape index (κ2) is 6.09. The monoisotopic (exact) mass is 293 g/mol. The largest absolute Gasteiger partial charge is 0.490 e. The molecule has 0 unspecified atom stereocenters. The molecule has 114 valence electrons. The lowest BCUT2D eigenvalue weighted by Gasteiger charge is -2.30. The number of hydrogen-bond acceptors (Lipinski definition) is 5. The molecular weight excluding hydrogens is 274 g/mol. The molecule has 21 heavy (non-hydrogen) atoms. The van der Waals surface area contributed by atoms with Crippen LogP contribution in [0.2, 0.25) is 0 Å². The topological polar surface area (TPSA) is 75.9 Å². The van der Waals surface area contributed by atoms with Crippen LogP contribution in [0, 0.1) is 10.1 Å². The number of nitro groups is 1. The molecule has 0 bridgehead atoms. The van der Waals surface area contributed by atoms with Crippen LogP contribution in [0.3, 0.4) is 0 Å². The van der Waals surface area contributed by atoms with E-state index in [0.29, 0.717) is 26.1 Å². The molecule has 0 N–H and O–H groups in total. The van der Waals surface area contributed by atoms with Crippen molar-refractivity contribution >= 4 is 11.6 Å². The van der Waals surface area contributed by atoms with Crippen LogP contribution in [-0.2, 0) is 17.8 Å². The number of likely N-dealkylation sites (N-methyl/N-ethyl adjacent to an activating group) is 1. The highest BCUT2D eigenvalue weighted by Gasteiger charge is 2.25. The molecule has 1 aromatic rings. The summed E-state index contributed by atoms with van der Waals surface area (Å²) in [5.74, 6) is 0.302. The van der Waals surface area contributed by atoms with Gasteiger partial charge in [0.25, 0.3) is 0 Å². The van der Waals surface area contributed by atoms with Gasteiger partial charge in [0, 0.05) is 19.2 Å². The average molecular weight is 293 g/mol. The summed E-state index contributed by atoms with van der Waals surface area (Å²) in [6.45, 7) is 1.38. The van der Waals surface area contributed by atoms with E-state index in [2.05, 4.69) is 0 Å². The van der Waals surface area contributed by atoms with Crippen molar-refractivity contribution in [3.05, 3.63) is 33.4 Å². The van der Waals surface area contributed by atoms with Crippen LogP contribution in [0.1, 0.15) is 11.1 Å². The normalized spacial score (nSPS) is 14.0. The van der Waals surface area contributed by atoms with Crippen LogP contribution in [0.5, 0.6) is 5.75 Å². The Balaban J connectivity index is 2.26. The van der Waals surface area contributed by atoms with E-state index in [0.717, 1.165) is 11.1 Å². The molecule has 0 fully saturated rings. The maximum atomic E-state index is 12.1. The first kappa shape index (κ1) is 15.2. The average Bonchev–Trinajstić information content (AvgIpc) is 2.44. The Labute approximate surface area is 123 Å². The lowest BCUT2D eigenvalue weighted by Crippen LogP contribution is -2.40. The number of fused-ring (bicyclic) bond motifs is 1. The molecule has 2 rings (SSSR count). The SMILES string of the molecule is COc1cc2c(cc1[N+](=O)[O-])CN(C(=O)CN(C)C)CC2. The number of rotatable bonds is 4. The van der Waals surface area contributed by atoms with Crippen LogP contribution >= 0.6 is 0 Å². The molecule has 7 nitrogen and oxygen atoms in total. The van der Waals surface area contributed by atoms with Crippen molar-refractivity contribution in [1.29, 1.82) is 0 Å². The summed E-state index contributed by atoms with van der Waals surface area (Å²) >= 11 is 0. The van der Waals surface area contributed by atoms with Crippen molar-refractivity contribution in [3.8, 4) is 5.75 Å². The van der Waals surface area contributed by atoms with E-state index < -0.39 is 4.92 Å². The van der Waals surface area contributed by atoms with E-state index in [1.54, 1.807) is 11.0 Å². The third kappa shape index (κ3) is 3.30.